The Labute approximate surface area is 137 Å². The quantitative estimate of drug-likeness (QED) is 0.747. The van der Waals surface area contributed by atoms with Crippen molar-refractivity contribution in [2.75, 3.05) is 5.32 Å². The highest BCUT2D eigenvalue weighted by Crippen LogP contribution is 2.23. The van der Waals surface area contributed by atoms with Crippen molar-refractivity contribution in [1.82, 2.24) is 4.98 Å². The zero-order valence-corrected chi connectivity index (χ0v) is 13.2. The second-order valence-electron chi connectivity index (χ2n) is 5.60. The summed E-state index contributed by atoms with van der Waals surface area (Å²) in [6.07, 6.45) is 0. The maximum absolute atomic E-state index is 6.37. The van der Waals surface area contributed by atoms with Crippen LogP contribution < -0.4 is 11.1 Å². The third kappa shape index (κ3) is 3.76. The van der Waals surface area contributed by atoms with Crippen LogP contribution in [0.25, 0.3) is 0 Å². The number of aryl methyl sites for hydroxylation is 1. The highest BCUT2D eigenvalue weighted by molar-refractivity contribution is 5.42. The van der Waals surface area contributed by atoms with Crippen molar-refractivity contribution in [2.24, 2.45) is 5.73 Å². The average Bonchev–Trinajstić information content (AvgIpc) is 2.61. The van der Waals surface area contributed by atoms with E-state index in [4.69, 9.17) is 5.73 Å². The Balaban J connectivity index is 1.73. The summed E-state index contributed by atoms with van der Waals surface area (Å²) in [5.74, 6) is 0.871. The molecule has 3 aromatic rings. The molecule has 2 aromatic carbocycles. The maximum Gasteiger partial charge on any atom is 0.126 e. The van der Waals surface area contributed by atoms with Gasteiger partial charge in [0.15, 0.2) is 0 Å². The number of hydrogen-bond acceptors (Lipinski definition) is 3. The minimum atomic E-state index is -0.146. The Kier molecular flexibility index (Phi) is 4.69. The monoisotopic (exact) mass is 303 g/mol. The van der Waals surface area contributed by atoms with Gasteiger partial charge < -0.3 is 11.1 Å². The SMILES string of the molecule is Cc1nc(NCc2ccccc2)ccc1C(N)c1ccccc1. The normalized spacial score (nSPS) is 11.9. The second-order valence-corrected chi connectivity index (χ2v) is 5.60. The first-order valence-corrected chi connectivity index (χ1v) is 7.80. The Morgan fingerprint density at radius 1 is 0.913 bits per heavy atom. The van der Waals surface area contributed by atoms with Gasteiger partial charge in [-0.1, -0.05) is 66.7 Å². The number of rotatable bonds is 5. The van der Waals surface area contributed by atoms with E-state index in [-0.39, 0.29) is 6.04 Å². The number of nitrogens with one attached hydrogen (secondary N) is 1. The molecular weight excluding hydrogens is 282 g/mol. The van der Waals surface area contributed by atoms with E-state index < -0.39 is 0 Å². The molecule has 3 rings (SSSR count). The molecule has 1 heterocycles. The van der Waals surface area contributed by atoms with Crippen LogP contribution in [0.15, 0.2) is 72.8 Å². The summed E-state index contributed by atoms with van der Waals surface area (Å²) in [5.41, 5.74) is 10.7. The van der Waals surface area contributed by atoms with Crippen LogP contribution in [-0.2, 0) is 6.54 Å². The molecule has 3 nitrogen and oxygen atoms in total. The molecular formula is C20H21N3. The van der Waals surface area contributed by atoms with Gasteiger partial charge in [0.25, 0.3) is 0 Å². The smallest absolute Gasteiger partial charge is 0.126 e. The average molecular weight is 303 g/mol. The molecule has 0 saturated carbocycles. The van der Waals surface area contributed by atoms with Gasteiger partial charge in [-0.15, -0.1) is 0 Å². The van der Waals surface area contributed by atoms with Crippen molar-refractivity contribution in [2.45, 2.75) is 19.5 Å². The van der Waals surface area contributed by atoms with Crippen LogP contribution in [0, 0.1) is 6.92 Å². The largest absolute Gasteiger partial charge is 0.366 e. The summed E-state index contributed by atoms with van der Waals surface area (Å²) < 4.78 is 0. The highest BCUT2D eigenvalue weighted by atomic mass is 15.0. The van der Waals surface area contributed by atoms with E-state index >= 15 is 0 Å². The Morgan fingerprint density at radius 3 is 2.22 bits per heavy atom. The fraction of sp³-hybridized carbons (Fsp3) is 0.150. The zero-order chi connectivity index (χ0) is 16.1. The summed E-state index contributed by atoms with van der Waals surface area (Å²) in [6, 6.07) is 24.3. The first-order chi connectivity index (χ1) is 11.2. The van der Waals surface area contributed by atoms with E-state index in [1.165, 1.54) is 5.56 Å². The molecule has 0 fully saturated rings. The van der Waals surface area contributed by atoms with Crippen LogP contribution in [-0.4, -0.2) is 4.98 Å². The standard InChI is InChI=1S/C20H21N3/c1-15-18(20(21)17-10-6-3-7-11-17)12-13-19(23-15)22-14-16-8-4-2-5-9-16/h2-13,20H,14,21H2,1H3,(H,22,23). The van der Waals surface area contributed by atoms with E-state index in [2.05, 4.69) is 28.5 Å². The van der Waals surface area contributed by atoms with E-state index in [1.807, 2.05) is 61.5 Å². The summed E-state index contributed by atoms with van der Waals surface area (Å²) in [6.45, 7) is 2.77. The molecule has 1 atom stereocenters. The van der Waals surface area contributed by atoms with Gasteiger partial charge in [-0.05, 0) is 29.7 Å². The molecule has 0 spiro atoms. The predicted molar refractivity (Wildman–Crippen MR) is 95.2 cm³/mol. The number of benzene rings is 2. The zero-order valence-electron chi connectivity index (χ0n) is 13.2. The summed E-state index contributed by atoms with van der Waals surface area (Å²) in [5, 5.41) is 3.36. The summed E-state index contributed by atoms with van der Waals surface area (Å²) in [7, 11) is 0. The molecule has 0 amide bonds. The predicted octanol–water partition coefficient (Wildman–Crippen LogP) is 4.05. The second kappa shape index (κ2) is 7.07. The summed E-state index contributed by atoms with van der Waals surface area (Å²) in [4.78, 5) is 4.64. The molecule has 1 unspecified atom stereocenters. The molecule has 116 valence electrons. The van der Waals surface area contributed by atoms with Crippen molar-refractivity contribution < 1.29 is 0 Å². The lowest BCUT2D eigenvalue weighted by molar-refractivity contribution is 0.848. The van der Waals surface area contributed by atoms with Gasteiger partial charge in [-0.25, -0.2) is 4.98 Å². The number of anilines is 1. The van der Waals surface area contributed by atoms with Crippen molar-refractivity contribution in [3.63, 3.8) is 0 Å². The molecule has 1 aromatic heterocycles. The van der Waals surface area contributed by atoms with Crippen LogP contribution in [0.4, 0.5) is 5.82 Å². The molecule has 0 aliphatic heterocycles. The van der Waals surface area contributed by atoms with Crippen molar-refractivity contribution in [3.8, 4) is 0 Å². The van der Waals surface area contributed by atoms with Gasteiger partial charge in [-0.2, -0.15) is 0 Å². The fourth-order valence-corrected chi connectivity index (χ4v) is 2.63. The van der Waals surface area contributed by atoms with Crippen molar-refractivity contribution in [3.05, 3.63) is 95.2 Å². The molecule has 3 N–H and O–H groups in total. The van der Waals surface area contributed by atoms with Crippen LogP contribution in [0.2, 0.25) is 0 Å². The van der Waals surface area contributed by atoms with E-state index in [1.54, 1.807) is 0 Å². The molecule has 0 bridgehead atoms. The van der Waals surface area contributed by atoms with E-state index in [0.717, 1.165) is 29.2 Å². The van der Waals surface area contributed by atoms with Crippen LogP contribution in [0.3, 0.4) is 0 Å². The lowest BCUT2D eigenvalue weighted by Crippen LogP contribution is -2.14. The number of pyridine rings is 1. The van der Waals surface area contributed by atoms with Crippen LogP contribution >= 0.6 is 0 Å². The lowest BCUT2D eigenvalue weighted by atomic mass is 9.98. The lowest BCUT2D eigenvalue weighted by Gasteiger charge is -2.16. The van der Waals surface area contributed by atoms with E-state index in [0.29, 0.717) is 0 Å². The summed E-state index contributed by atoms with van der Waals surface area (Å²) >= 11 is 0. The molecule has 3 heteroatoms. The van der Waals surface area contributed by atoms with Crippen LogP contribution in [0.1, 0.15) is 28.4 Å². The Bertz CT molecular complexity index is 754. The van der Waals surface area contributed by atoms with Gasteiger partial charge in [0.2, 0.25) is 0 Å². The number of hydrogen-bond donors (Lipinski definition) is 2. The first-order valence-electron chi connectivity index (χ1n) is 7.80. The minimum Gasteiger partial charge on any atom is -0.366 e. The molecule has 0 radical (unpaired) electrons. The first kappa shape index (κ1) is 15.3. The molecule has 0 aliphatic carbocycles. The third-order valence-electron chi connectivity index (χ3n) is 3.94. The van der Waals surface area contributed by atoms with Gasteiger partial charge in [0.1, 0.15) is 5.82 Å². The van der Waals surface area contributed by atoms with Gasteiger partial charge >= 0.3 is 0 Å². The van der Waals surface area contributed by atoms with E-state index in [9.17, 15) is 0 Å². The Hall–Kier alpha value is -2.65. The van der Waals surface area contributed by atoms with Crippen molar-refractivity contribution in [1.29, 1.82) is 0 Å². The van der Waals surface area contributed by atoms with Crippen molar-refractivity contribution >= 4 is 5.82 Å². The maximum atomic E-state index is 6.37. The number of nitrogens with zero attached hydrogens (tertiary/aromatic N) is 1. The molecule has 0 aliphatic rings. The topological polar surface area (TPSA) is 50.9 Å². The highest BCUT2D eigenvalue weighted by Gasteiger charge is 2.12. The third-order valence-corrected chi connectivity index (χ3v) is 3.94. The minimum absolute atomic E-state index is 0.146. The molecule has 23 heavy (non-hydrogen) atoms. The number of aromatic nitrogens is 1. The Morgan fingerprint density at radius 2 is 1.57 bits per heavy atom. The van der Waals surface area contributed by atoms with Crippen LogP contribution in [0.5, 0.6) is 0 Å². The van der Waals surface area contributed by atoms with Gasteiger partial charge in [0.05, 0.1) is 6.04 Å². The van der Waals surface area contributed by atoms with Gasteiger partial charge in [0, 0.05) is 12.2 Å². The fourth-order valence-electron chi connectivity index (χ4n) is 2.63. The molecule has 0 saturated heterocycles. The van der Waals surface area contributed by atoms with Gasteiger partial charge in [-0.3, -0.25) is 0 Å². The number of nitrogens with two attached hydrogens (primary N) is 1.